The van der Waals surface area contributed by atoms with E-state index in [-0.39, 0.29) is 78.4 Å². The molecule has 14 aromatic heterocycles. The second-order valence-electron chi connectivity index (χ2n) is 29.0. The summed E-state index contributed by atoms with van der Waals surface area (Å²) in [6.45, 7) is 1.81. The second kappa shape index (κ2) is 39.6. The fourth-order valence-electron chi connectivity index (χ4n) is 13.7. The maximum absolute atomic E-state index is 15.1. The van der Waals surface area contributed by atoms with Gasteiger partial charge in [0, 0.05) is 129 Å². The number of aromatic carboxylic acids is 1. The van der Waals surface area contributed by atoms with Crippen LogP contribution in [0.25, 0.3) is 34.0 Å². The maximum atomic E-state index is 15.1. The van der Waals surface area contributed by atoms with E-state index < -0.39 is 17.6 Å². The summed E-state index contributed by atoms with van der Waals surface area (Å²) in [4.78, 5) is 67.0. The molecule has 16 aromatic rings. The Kier molecular flexibility index (Phi) is 28.5. The van der Waals surface area contributed by atoms with E-state index in [0.29, 0.717) is 76.2 Å². The molecule has 121 heavy (non-hydrogen) atoms. The Labute approximate surface area is 708 Å². The molecule has 0 saturated heterocycles. The van der Waals surface area contributed by atoms with Crippen molar-refractivity contribution in [2.24, 2.45) is 5.73 Å². The van der Waals surface area contributed by atoms with Crippen molar-refractivity contribution in [2.45, 2.75) is 120 Å². The van der Waals surface area contributed by atoms with E-state index in [9.17, 15) is 23.6 Å². The zero-order chi connectivity index (χ0) is 81.9. The van der Waals surface area contributed by atoms with Crippen molar-refractivity contribution >= 4 is 57.9 Å². The van der Waals surface area contributed by atoms with Crippen molar-refractivity contribution in [3.8, 4) is 22.9 Å². The first-order chi connectivity index (χ1) is 57.5. The van der Waals surface area contributed by atoms with Gasteiger partial charge >= 0.3 is 36.8 Å². The van der Waals surface area contributed by atoms with Gasteiger partial charge in [-0.2, -0.15) is 0 Å². The number of rotatable bonds is 23. The zero-order valence-electron chi connectivity index (χ0n) is 66.9. The number of methoxy groups -OCH3 is 4. The van der Waals surface area contributed by atoms with E-state index in [1.807, 2.05) is 50.9 Å². The van der Waals surface area contributed by atoms with Crippen molar-refractivity contribution in [1.29, 1.82) is 0 Å². The molecule has 4 saturated carbocycles. The first kappa shape index (κ1) is 87.1. The van der Waals surface area contributed by atoms with Gasteiger partial charge < -0.3 is 77.0 Å². The first-order valence-electron chi connectivity index (χ1n) is 38.4. The van der Waals surface area contributed by atoms with Crippen molar-refractivity contribution in [3.05, 3.63) is 299 Å². The number of imidazole rings is 4. The second-order valence-corrected chi connectivity index (χ2v) is 29.2. The summed E-state index contributed by atoms with van der Waals surface area (Å²) in [6, 6.07) is 30.1. The Balaban J connectivity index is 0.000000139. The summed E-state index contributed by atoms with van der Waals surface area (Å²) in [5, 5.41) is 30.7. The summed E-state index contributed by atoms with van der Waals surface area (Å²) in [6.07, 6.45) is 44.2. The number of ketones is 1. The molecule has 0 atom stereocenters. The van der Waals surface area contributed by atoms with Crippen LogP contribution in [0.2, 0.25) is 0 Å². The molecule has 14 heterocycles. The topological polar surface area (TPSA) is 400 Å². The van der Waals surface area contributed by atoms with Gasteiger partial charge in [-0.25, -0.2) is 52.5 Å². The Hall–Kier alpha value is -13.2. The van der Waals surface area contributed by atoms with Crippen molar-refractivity contribution in [3.63, 3.8) is 0 Å². The molecule has 4 aliphatic carbocycles. The van der Waals surface area contributed by atoms with E-state index in [4.69, 9.17) is 41.6 Å². The molecule has 20 rings (SSSR count). The van der Waals surface area contributed by atoms with Crippen molar-refractivity contribution in [1.82, 2.24) is 96.6 Å². The zero-order valence-corrected chi connectivity index (χ0v) is 67.7. The van der Waals surface area contributed by atoms with Gasteiger partial charge in [-0.15, -0.1) is 21.8 Å². The average molecular weight is 1660 g/mol. The molecular formula is C85H87ClF2LiN21O11. The van der Waals surface area contributed by atoms with Gasteiger partial charge in [0.25, 0.3) is 0 Å². The Morgan fingerprint density at radius 1 is 0.488 bits per heavy atom. The number of alkyl halides is 1. The number of hydrogen-bond acceptors (Lipinski definition) is 20. The summed E-state index contributed by atoms with van der Waals surface area (Å²) >= 11 is 5.74. The minimum atomic E-state index is -0.905. The van der Waals surface area contributed by atoms with Gasteiger partial charge in [0.15, 0.2) is 28.9 Å². The number of carboxylic acid groups (broad SMARTS) is 1. The summed E-state index contributed by atoms with van der Waals surface area (Å²) in [5.41, 5.74) is 22.2. The molecule has 0 bridgehead atoms. The number of nitrogens with two attached hydrogens (primary N) is 1. The molecule has 620 valence electrons. The molecule has 36 heteroatoms. The van der Waals surface area contributed by atoms with Gasteiger partial charge in [-0.1, -0.05) is 24.3 Å². The van der Waals surface area contributed by atoms with Crippen molar-refractivity contribution in [2.75, 3.05) is 28.4 Å². The first-order valence-corrected chi connectivity index (χ1v) is 38.9. The fraction of sp³-hybridized carbons (Fsp3) is 0.271. The Bertz CT molecular complexity index is 6200. The van der Waals surface area contributed by atoms with Crippen LogP contribution in [0.1, 0.15) is 179 Å². The molecule has 32 nitrogen and oxygen atoms in total. The smallest absolute Gasteiger partial charge is 0.870 e. The van der Waals surface area contributed by atoms with Crippen LogP contribution < -0.4 is 34.1 Å². The normalized spacial score (nSPS) is 13.1. The third kappa shape index (κ3) is 21.4. The number of nitrogens with one attached hydrogen (secondary N) is 1. The fourth-order valence-corrected chi connectivity index (χ4v) is 13.9. The van der Waals surface area contributed by atoms with E-state index in [1.54, 1.807) is 67.4 Å². The number of fused-ring (bicyclic) bond motifs is 4. The van der Waals surface area contributed by atoms with Crippen LogP contribution in [0.5, 0.6) is 11.5 Å². The number of hydrogen-bond donors (Lipinski definition) is 3. The molecule has 0 spiro atoms. The van der Waals surface area contributed by atoms with Crippen LogP contribution in [0.15, 0.2) is 209 Å². The molecule has 0 amide bonds. The number of aromatic nitrogens is 20. The number of aromatic amines is 1. The number of tetrazole rings is 2. The van der Waals surface area contributed by atoms with Crippen LogP contribution in [-0.2, 0) is 48.0 Å². The third-order valence-corrected chi connectivity index (χ3v) is 20.8. The van der Waals surface area contributed by atoms with Gasteiger partial charge in [0.05, 0.1) is 105 Å². The van der Waals surface area contributed by atoms with E-state index in [2.05, 4.69) is 153 Å². The molecule has 4 aliphatic rings. The molecular weight excluding hydrogens is 1570 g/mol. The molecule has 4 fully saturated rings. The number of carboxylic acids is 1. The summed E-state index contributed by atoms with van der Waals surface area (Å²) < 4.78 is 64.8. The number of H-pyrrole nitrogens is 1. The maximum Gasteiger partial charge on any atom is 1.00 e. The Morgan fingerprint density at radius 2 is 0.868 bits per heavy atom. The van der Waals surface area contributed by atoms with Crippen LogP contribution in [0.3, 0.4) is 0 Å². The monoisotopic (exact) mass is 1660 g/mol. The standard InChI is InChI=1S/C26H24FN7O2.C17H17N3O2.C16H15N3O2.C11H11ClN2.C9H10FN5O.C6H7NO2.Li.2H2O/c1-36-24-8-6-22(34-16-28-30-31-34)21(26(24)27)5-7-23(35)19-10-11-32(12-19)14-20-15-33-13-18(17-2-3-17)4-9-25(33)29-20;1-22-17(21)14-6-7-19(8-14)10-15-11-20-9-13(12-2-3-12)4-5-16(20)18-15;20-16(21)13-5-6-18(7-13)9-14-10-19-8-12(11-1-2-11)3-4-15(19)17-14;12-5-10-7-14-6-9(8-1-2-8)3-4-11(14)13-10;1-16-8-3-2-7(6(4-11)9(8)10)15-5-12-13-14-15;1-9-6(8)5-2-3-7-4-5;;;/h4,6,8-13,15-17H,2-3,5,7,14H2,1H3;4-9,11-12H,2-3,10H2,1H3;3-8,10-11H,1-2,9H2,(H,20,21);3-4,6-8H,1-2,5H2;2-3,5H,4,11H2,1H3;2-4,7H,1H3;;2*1H2/q;;;;;;+1;;/p-1. The number of carbonyl (C=O) groups is 4. The molecule has 0 unspecified atom stereocenters. The molecule has 2 aromatic carbocycles. The van der Waals surface area contributed by atoms with Crippen molar-refractivity contribution < 1.29 is 81.8 Å². The van der Waals surface area contributed by atoms with Crippen LogP contribution in [0.4, 0.5) is 8.78 Å². The predicted molar refractivity (Wildman–Crippen MR) is 437 cm³/mol. The number of nitrogens with zero attached hydrogens (tertiary/aromatic N) is 19. The van der Waals surface area contributed by atoms with E-state index in [1.165, 1.54) is 136 Å². The van der Waals surface area contributed by atoms with Crippen LogP contribution >= 0.6 is 11.6 Å². The molecule has 0 aliphatic heterocycles. The number of halogens is 3. The third-order valence-electron chi connectivity index (χ3n) is 20.5. The summed E-state index contributed by atoms with van der Waals surface area (Å²) in [7, 11) is 5.55. The largest absolute Gasteiger partial charge is 1.00 e. The SMILES string of the molecule is COC(=O)c1cc[nH]c1.COC(=O)c1ccn(Cc2cn3cc(C4CC4)ccc3n2)c1.COc1ccc(-n2cnnn2)c(CCC(=O)c2ccn(Cc3cn4cc(C5CC5)ccc4n3)c2)c1F.COc1ccc(-n2cnnn2)c(CN)c1F.ClCc1cn2cc(C3CC3)ccc2n1.O.O=C(O)c1ccn(Cc2cn3cc(C4CC4)ccc3n2)c1.[Li+].[OH-]. The minimum absolute atomic E-state index is 0. The molecule has 7 N–H and O–H groups in total. The number of pyridine rings is 4. The van der Waals surface area contributed by atoms with Gasteiger partial charge in [0.1, 0.15) is 35.2 Å². The average Bonchev–Trinajstić information content (AvgIpc) is 1.62. The number of carbonyl (C=O) groups excluding carboxylic acids is 3. The number of esters is 2. The van der Waals surface area contributed by atoms with E-state index >= 15 is 4.39 Å². The van der Waals surface area contributed by atoms with Gasteiger partial charge in [-0.05, 0) is 197 Å². The predicted octanol–water partition coefficient (Wildman–Crippen LogP) is 9.63. The van der Waals surface area contributed by atoms with Crippen LogP contribution in [-0.4, -0.2) is 165 Å². The molecule has 0 radical (unpaired) electrons. The summed E-state index contributed by atoms with van der Waals surface area (Å²) in [5.74, 6) is 1.07. The Morgan fingerprint density at radius 3 is 1.23 bits per heavy atom. The van der Waals surface area contributed by atoms with Crippen LogP contribution in [0, 0.1) is 11.6 Å². The number of ether oxygens (including phenoxy) is 4. The van der Waals surface area contributed by atoms with E-state index in [0.717, 1.165) is 63.1 Å². The number of benzene rings is 2. The quantitative estimate of drug-likeness (QED) is 0.0232. The van der Waals surface area contributed by atoms with Gasteiger partial charge in [0.2, 0.25) is 0 Å². The number of Topliss-reactive ketones (excluding diaryl/α,β-unsaturated/α-hetero) is 1. The van der Waals surface area contributed by atoms with Gasteiger partial charge in [-0.3, -0.25) is 4.79 Å². The minimum Gasteiger partial charge on any atom is -0.870 e.